The fourth-order valence-corrected chi connectivity index (χ4v) is 3.91. The predicted molar refractivity (Wildman–Crippen MR) is 114 cm³/mol. The summed E-state index contributed by atoms with van der Waals surface area (Å²) in [4.78, 5) is 17.1. The molecule has 4 aromatic rings. The summed E-state index contributed by atoms with van der Waals surface area (Å²) in [5.74, 6) is -0.203. The quantitative estimate of drug-likeness (QED) is 0.558. The highest BCUT2D eigenvalue weighted by Gasteiger charge is 2.25. The van der Waals surface area contributed by atoms with E-state index in [1.807, 2.05) is 53.2 Å². The van der Waals surface area contributed by atoms with Gasteiger partial charge in [-0.25, -0.2) is 0 Å². The van der Waals surface area contributed by atoms with E-state index in [2.05, 4.69) is 28.6 Å². The molecule has 5 rings (SSSR count). The van der Waals surface area contributed by atoms with E-state index in [4.69, 9.17) is 9.84 Å². The Morgan fingerprint density at radius 2 is 1.93 bits per heavy atom. The number of fused-ring (bicyclic) bond motifs is 2. The third kappa shape index (κ3) is 3.69. The molecule has 2 aromatic carbocycles. The number of hydrogen-bond acceptors (Lipinski definition) is 4. The topological polar surface area (TPSA) is 69.0 Å². The lowest BCUT2D eigenvalue weighted by molar-refractivity contribution is 0.0383. The molecule has 6 nitrogen and oxygen atoms in total. The summed E-state index contributed by atoms with van der Waals surface area (Å²) in [6.45, 7) is 1.70. The largest absolute Gasteiger partial charge is 0.370 e. The first-order valence-electron chi connectivity index (χ1n) is 10.1. The van der Waals surface area contributed by atoms with E-state index >= 15 is 0 Å². The van der Waals surface area contributed by atoms with Gasteiger partial charge in [0.25, 0.3) is 5.91 Å². The van der Waals surface area contributed by atoms with Crippen LogP contribution < -0.4 is 5.32 Å². The third-order valence-electron chi connectivity index (χ3n) is 5.39. The summed E-state index contributed by atoms with van der Waals surface area (Å²) in [6, 6.07) is 19.9. The molecule has 0 saturated carbocycles. The molecule has 0 bridgehead atoms. The number of nitrogens with one attached hydrogen (secondary N) is 1. The Bertz CT molecular complexity index is 1180. The molecule has 0 radical (unpaired) electrons. The highest BCUT2D eigenvalue weighted by atomic mass is 16.5. The van der Waals surface area contributed by atoms with Crippen molar-refractivity contribution >= 4 is 16.7 Å². The Morgan fingerprint density at radius 1 is 1.10 bits per heavy atom. The first kappa shape index (κ1) is 18.5. The van der Waals surface area contributed by atoms with Crippen molar-refractivity contribution in [2.24, 2.45) is 0 Å². The van der Waals surface area contributed by atoms with Gasteiger partial charge in [-0.2, -0.15) is 5.10 Å². The molecule has 1 N–H and O–H groups in total. The standard InChI is InChI=1S/C24H22N4O2/c29-24(23-20-9-5-4-8-18(20)10-12-25-23)26-14-21-22-19(11-13-30-21)16-28(27-22)15-17-6-2-1-3-7-17/h1-10,12,16,21H,11,13-15H2,(H,26,29)/t21-/m0/s1. The fourth-order valence-electron chi connectivity index (χ4n) is 3.91. The molecule has 30 heavy (non-hydrogen) atoms. The van der Waals surface area contributed by atoms with Crippen molar-refractivity contribution in [2.75, 3.05) is 13.2 Å². The molecule has 6 heteroatoms. The Morgan fingerprint density at radius 3 is 2.83 bits per heavy atom. The normalized spacial score (nSPS) is 15.7. The van der Waals surface area contributed by atoms with Crippen LogP contribution in [0.3, 0.4) is 0 Å². The number of aromatic nitrogens is 3. The van der Waals surface area contributed by atoms with Crippen LogP contribution in [-0.4, -0.2) is 33.8 Å². The summed E-state index contributed by atoms with van der Waals surface area (Å²) in [5, 5.41) is 9.57. The van der Waals surface area contributed by atoms with Gasteiger partial charge in [0.2, 0.25) is 0 Å². The highest BCUT2D eigenvalue weighted by molar-refractivity contribution is 6.05. The van der Waals surface area contributed by atoms with Gasteiger partial charge >= 0.3 is 0 Å². The van der Waals surface area contributed by atoms with Crippen molar-refractivity contribution < 1.29 is 9.53 Å². The van der Waals surface area contributed by atoms with Crippen LogP contribution >= 0.6 is 0 Å². The molecule has 1 atom stereocenters. The van der Waals surface area contributed by atoms with E-state index in [1.165, 1.54) is 11.1 Å². The van der Waals surface area contributed by atoms with Crippen molar-refractivity contribution in [3.63, 3.8) is 0 Å². The van der Waals surface area contributed by atoms with Crippen molar-refractivity contribution in [3.8, 4) is 0 Å². The average molecular weight is 398 g/mol. The van der Waals surface area contributed by atoms with Crippen molar-refractivity contribution in [1.29, 1.82) is 0 Å². The van der Waals surface area contributed by atoms with Crippen LogP contribution in [0.5, 0.6) is 0 Å². The lowest BCUT2D eigenvalue weighted by atomic mass is 10.1. The fraction of sp³-hybridized carbons (Fsp3) is 0.208. The third-order valence-corrected chi connectivity index (χ3v) is 5.39. The van der Waals surface area contributed by atoms with Gasteiger partial charge in [0.1, 0.15) is 11.8 Å². The van der Waals surface area contributed by atoms with E-state index in [0.29, 0.717) is 25.4 Å². The Balaban J connectivity index is 1.31. The van der Waals surface area contributed by atoms with Gasteiger partial charge in [0.05, 0.1) is 18.8 Å². The Labute approximate surface area is 174 Å². The number of pyridine rings is 1. The van der Waals surface area contributed by atoms with Crippen LogP contribution in [0.25, 0.3) is 10.8 Å². The summed E-state index contributed by atoms with van der Waals surface area (Å²) < 4.78 is 7.88. The number of rotatable bonds is 5. The Kier molecular flexibility index (Phi) is 4.99. The molecular formula is C24H22N4O2. The monoisotopic (exact) mass is 398 g/mol. The zero-order valence-electron chi connectivity index (χ0n) is 16.5. The average Bonchev–Trinajstić information content (AvgIpc) is 3.20. The van der Waals surface area contributed by atoms with Crippen LogP contribution in [0, 0.1) is 0 Å². The molecule has 0 spiro atoms. The summed E-state index contributed by atoms with van der Waals surface area (Å²) in [6.07, 6.45) is 4.33. The minimum Gasteiger partial charge on any atom is -0.370 e. The van der Waals surface area contributed by atoms with Crippen molar-refractivity contribution in [3.05, 3.63) is 95.6 Å². The summed E-state index contributed by atoms with van der Waals surface area (Å²) in [5.41, 5.74) is 3.71. The molecule has 2 aromatic heterocycles. The number of carbonyl (C=O) groups is 1. The van der Waals surface area contributed by atoms with Crippen LogP contribution in [0.4, 0.5) is 0 Å². The van der Waals surface area contributed by atoms with Crippen LogP contribution in [0.2, 0.25) is 0 Å². The first-order valence-corrected chi connectivity index (χ1v) is 10.1. The number of ether oxygens (including phenoxy) is 1. The van der Waals surface area contributed by atoms with E-state index in [1.54, 1.807) is 6.20 Å². The molecule has 0 fully saturated rings. The minimum atomic E-state index is -0.260. The molecule has 0 saturated heterocycles. The second kappa shape index (κ2) is 8.08. The number of benzene rings is 2. The van der Waals surface area contributed by atoms with E-state index < -0.39 is 0 Å². The lowest BCUT2D eigenvalue weighted by Crippen LogP contribution is -2.32. The SMILES string of the molecule is O=C(NC[C@@H]1OCCc2cn(Cc3ccccc3)nc21)c1nccc2ccccc12. The van der Waals surface area contributed by atoms with Gasteiger partial charge in [-0.1, -0.05) is 54.6 Å². The Hall–Kier alpha value is -3.51. The van der Waals surface area contributed by atoms with Crippen LogP contribution in [0.15, 0.2) is 73.1 Å². The molecular weight excluding hydrogens is 376 g/mol. The van der Waals surface area contributed by atoms with Crippen LogP contribution in [-0.2, 0) is 17.7 Å². The number of amides is 1. The minimum absolute atomic E-state index is 0.203. The second-order valence-corrected chi connectivity index (χ2v) is 7.42. The van der Waals surface area contributed by atoms with Gasteiger partial charge in [-0.3, -0.25) is 14.5 Å². The number of carbonyl (C=O) groups excluding carboxylic acids is 1. The molecule has 1 amide bonds. The maximum absolute atomic E-state index is 12.8. The maximum atomic E-state index is 12.8. The zero-order chi connectivity index (χ0) is 20.3. The van der Waals surface area contributed by atoms with E-state index in [0.717, 1.165) is 22.9 Å². The molecule has 3 heterocycles. The highest BCUT2D eigenvalue weighted by Crippen LogP contribution is 2.26. The molecule has 1 aliphatic heterocycles. The number of hydrogen-bond donors (Lipinski definition) is 1. The molecule has 0 unspecified atom stereocenters. The zero-order valence-corrected chi connectivity index (χ0v) is 16.5. The second-order valence-electron chi connectivity index (χ2n) is 7.42. The van der Waals surface area contributed by atoms with Crippen molar-refractivity contribution in [2.45, 2.75) is 19.1 Å². The number of nitrogens with zero attached hydrogens (tertiary/aromatic N) is 3. The summed E-state index contributed by atoms with van der Waals surface area (Å²) >= 11 is 0. The van der Waals surface area contributed by atoms with E-state index in [-0.39, 0.29) is 12.0 Å². The molecule has 1 aliphatic rings. The van der Waals surface area contributed by atoms with Gasteiger partial charge in [-0.05, 0) is 29.0 Å². The molecule has 150 valence electrons. The lowest BCUT2D eigenvalue weighted by Gasteiger charge is -2.22. The maximum Gasteiger partial charge on any atom is 0.270 e. The smallest absolute Gasteiger partial charge is 0.270 e. The van der Waals surface area contributed by atoms with Crippen LogP contribution in [0.1, 0.15) is 33.4 Å². The van der Waals surface area contributed by atoms with Gasteiger partial charge < -0.3 is 10.1 Å². The van der Waals surface area contributed by atoms with Crippen molar-refractivity contribution in [1.82, 2.24) is 20.1 Å². The molecule has 0 aliphatic carbocycles. The van der Waals surface area contributed by atoms with E-state index in [9.17, 15) is 4.79 Å². The van der Waals surface area contributed by atoms with Gasteiger partial charge in [-0.15, -0.1) is 0 Å². The predicted octanol–water partition coefficient (Wildman–Crippen LogP) is 3.52. The first-order chi connectivity index (χ1) is 14.8. The van der Waals surface area contributed by atoms with Gasteiger partial charge in [0.15, 0.2) is 0 Å². The van der Waals surface area contributed by atoms with Gasteiger partial charge in [0, 0.05) is 24.3 Å². The summed E-state index contributed by atoms with van der Waals surface area (Å²) in [7, 11) is 0.